The third-order valence-electron chi connectivity index (χ3n) is 3.59. The lowest BCUT2D eigenvalue weighted by molar-refractivity contribution is -0.128. The van der Waals surface area contributed by atoms with Gasteiger partial charge in [-0.2, -0.15) is 0 Å². The molecule has 2 fully saturated rings. The normalized spacial score (nSPS) is 32.6. The van der Waals surface area contributed by atoms with Crippen molar-refractivity contribution in [2.75, 3.05) is 6.54 Å². The molecule has 1 amide bonds. The first-order valence-electron chi connectivity index (χ1n) is 5.79. The summed E-state index contributed by atoms with van der Waals surface area (Å²) in [7, 11) is 0. The van der Waals surface area contributed by atoms with Crippen molar-refractivity contribution in [3.05, 3.63) is 0 Å². The van der Waals surface area contributed by atoms with E-state index in [1.54, 1.807) is 0 Å². The molecule has 3 heteroatoms. The van der Waals surface area contributed by atoms with Crippen molar-refractivity contribution in [1.29, 1.82) is 0 Å². The fourth-order valence-electron chi connectivity index (χ4n) is 2.48. The van der Waals surface area contributed by atoms with E-state index in [1.165, 1.54) is 25.7 Å². The lowest BCUT2D eigenvalue weighted by Gasteiger charge is -2.31. The van der Waals surface area contributed by atoms with Crippen LogP contribution >= 0.6 is 0 Å². The Morgan fingerprint density at radius 1 is 1.29 bits per heavy atom. The van der Waals surface area contributed by atoms with E-state index in [1.807, 2.05) is 0 Å². The third-order valence-corrected chi connectivity index (χ3v) is 3.59. The second-order valence-corrected chi connectivity index (χ2v) is 4.82. The Labute approximate surface area is 85.4 Å². The minimum absolute atomic E-state index is 0.214. The molecule has 2 saturated carbocycles. The molecular formula is C11H20N2O. The molecule has 0 unspecified atom stereocenters. The standard InChI is InChI=1S/C11H20N2O/c12-10-5-9(6-10)11(14)13-7-8-3-1-2-4-8/h8-10H,1-7,12H2,(H,13,14). The Morgan fingerprint density at radius 2 is 1.93 bits per heavy atom. The van der Waals surface area contributed by atoms with Gasteiger partial charge in [-0.1, -0.05) is 12.8 Å². The molecule has 0 atom stereocenters. The lowest BCUT2D eigenvalue weighted by atomic mass is 9.80. The summed E-state index contributed by atoms with van der Waals surface area (Å²) in [6.45, 7) is 0.893. The fourth-order valence-corrected chi connectivity index (χ4v) is 2.48. The average Bonchev–Trinajstić information content (AvgIpc) is 2.61. The van der Waals surface area contributed by atoms with Crippen LogP contribution in [0.5, 0.6) is 0 Å². The third kappa shape index (κ3) is 2.27. The van der Waals surface area contributed by atoms with Crippen LogP contribution in [0.1, 0.15) is 38.5 Å². The van der Waals surface area contributed by atoms with E-state index in [0.717, 1.165) is 25.3 Å². The maximum atomic E-state index is 11.6. The van der Waals surface area contributed by atoms with Gasteiger partial charge in [-0.3, -0.25) is 4.79 Å². The highest BCUT2D eigenvalue weighted by atomic mass is 16.1. The molecule has 80 valence electrons. The molecule has 14 heavy (non-hydrogen) atoms. The molecular weight excluding hydrogens is 176 g/mol. The van der Waals surface area contributed by atoms with Crippen LogP contribution in [-0.2, 0) is 4.79 Å². The molecule has 0 aromatic rings. The van der Waals surface area contributed by atoms with E-state index in [0.29, 0.717) is 0 Å². The van der Waals surface area contributed by atoms with E-state index >= 15 is 0 Å². The quantitative estimate of drug-likeness (QED) is 0.708. The van der Waals surface area contributed by atoms with Gasteiger partial charge in [-0.25, -0.2) is 0 Å². The Morgan fingerprint density at radius 3 is 2.50 bits per heavy atom. The highest BCUT2D eigenvalue weighted by Gasteiger charge is 2.32. The molecule has 2 aliphatic rings. The van der Waals surface area contributed by atoms with Crippen LogP contribution in [0, 0.1) is 11.8 Å². The van der Waals surface area contributed by atoms with Crippen molar-refractivity contribution in [3.8, 4) is 0 Å². The van der Waals surface area contributed by atoms with Gasteiger partial charge in [0, 0.05) is 18.5 Å². The van der Waals surface area contributed by atoms with Crippen LogP contribution in [-0.4, -0.2) is 18.5 Å². The minimum atomic E-state index is 0.214. The molecule has 0 saturated heterocycles. The van der Waals surface area contributed by atoms with E-state index < -0.39 is 0 Å². The molecule has 2 aliphatic carbocycles. The number of nitrogens with two attached hydrogens (primary N) is 1. The smallest absolute Gasteiger partial charge is 0.223 e. The van der Waals surface area contributed by atoms with Gasteiger partial charge in [0.15, 0.2) is 0 Å². The van der Waals surface area contributed by atoms with Gasteiger partial charge < -0.3 is 11.1 Å². The van der Waals surface area contributed by atoms with Crippen LogP contribution in [0.2, 0.25) is 0 Å². The molecule has 0 heterocycles. The number of carbonyl (C=O) groups is 1. The van der Waals surface area contributed by atoms with E-state index in [9.17, 15) is 4.79 Å². The predicted octanol–water partition coefficient (Wildman–Crippen LogP) is 1.03. The minimum Gasteiger partial charge on any atom is -0.356 e. The largest absolute Gasteiger partial charge is 0.356 e. The van der Waals surface area contributed by atoms with E-state index in [2.05, 4.69) is 5.32 Å². The number of hydrogen-bond donors (Lipinski definition) is 2. The highest BCUT2D eigenvalue weighted by Crippen LogP contribution is 2.27. The summed E-state index contributed by atoms with van der Waals surface area (Å²) in [6, 6.07) is 0.275. The van der Waals surface area contributed by atoms with Gasteiger partial charge in [-0.05, 0) is 31.6 Å². The maximum absolute atomic E-state index is 11.6. The molecule has 0 bridgehead atoms. The average molecular weight is 196 g/mol. The first-order chi connectivity index (χ1) is 6.75. The van der Waals surface area contributed by atoms with Crippen molar-refractivity contribution in [3.63, 3.8) is 0 Å². The Bertz CT molecular complexity index is 205. The summed E-state index contributed by atoms with van der Waals surface area (Å²) in [5, 5.41) is 3.05. The fraction of sp³-hybridized carbons (Fsp3) is 0.909. The Balaban J connectivity index is 1.62. The Kier molecular flexibility index (Phi) is 3.06. The summed E-state index contributed by atoms with van der Waals surface area (Å²) < 4.78 is 0. The number of carbonyl (C=O) groups excluding carboxylic acids is 1. The van der Waals surface area contributed by atoms with Crippen LogP contribution in [0.3, 0.4) is 0 Å². The number of nitrogens with one attached hydrogen (secondary N) is 1. The van der Waals surface area contributed by atoms with Gasteiger partial charge in [0.05, 0.1) is 0 Å². The van der Waals surface area contributed by atoms with Crippen molar-refractivity contribution in [2.24, 2.45) is 17.6 Å². The molecule has 3 N–H and O–H groups in total. The molecule has 0 aliphatic heterocycles. The monoisotopic (exact) mass is 196 g/mol. The molecule has 0 aromatic heterocycles. The zero-order valence-electron chi connectivity index (χ0n) is 8.67. The summed E-state index contributed by atoms with van der Waals surface area (Å²) in [5.41, 5.74) is 5.64. The van der Waals surface area contributed by atoms with Gasteiger partial charge in [0.1, 0.15) is 0 Å². The van der Waals surface area contributed by atoms with E-state index in [4.69, 9.17) is 5.73 Å². The molecule has 0 radical (unpaired) electrons. The number of amides is 1. The van der Waals surface area contributed by atoms with Crippen LogP contribution in [0.4, 0.5) is 0 Å². The lowest BCUT2D eigenvalue weighted by Crippen LogP contribution is -2.45. The summed E-state index contributed by atoms with van der Waals surface area (Å²) >= 11 is 0. The van der Waals surface area contributed by atoms with Crippen molar-refractivity contribution in [2.45, 2.75) is 44.6 Å². The summed E-state index contributed by atoms with van der Waals surface area (Å²) in [4.78, 5) is 11.6. The van der Waals surface area contributed by atoms with Crippen LogP contribution < -0.4 is 11.1 Å². The second-order valence-electron chi connectivity index (χ2n) is 4.82. The topological polar surface area (TPSA) is 55.1 Å². The van der Waals surface area contributed by atoms with Gasteiger partial charge in [0.2, 0.25) is 5.91 Å². The van der Waals surface area contributed by atoms with Gasteiger partial charge in [0.25, 0.3) is 0 Å². The highest BCUT2D eigenvalue weighted by molar-refractivity contribution is 5.79. The van der Waals surface area contributed by atoms with Crippen LogP contribution in [0.15, 0.2) is 0 Å². The van der Waals surface area contributed by atoms with Gasteiger partial charge in [-0.15, -0.1) is 0 Å². The molecule has 2 rings (SSSR count). The zero-order valence-corrected chi connectivity index (χ0v) is 8.67. The maximum Gasteiger partial charge on any atom is 0.223 e. The number of rotatable bonds is 3. The first-order valence-corrected chi connectivity index (χ1v) is 5.79. The van der Waals surface area contributed by atoms with Crippen molar-refractivity contribution < 1.29 is 4.79 Å². The second kappa shape index (κ2) is 4.30. The SMILES string of the molecule is NC1CC(C(=O)NCC2CCCC2)C1. The predicted molar refractivity (Wildman–Crippen MR) is 55.7 cm³/mol. The molecule has 3 nitrogen and oxygen atoms in total. The summed E-state index contributed by atoms with van der Waals surface area (Å²) in [5.74, 6) is 1.19. The van der Waals surface area contributed by atoms with Crippen molar-refractivity contribution >= 4 is 5.91 Å². The molecule has 0 spiro atoms. The first kappa shape index (κ1) is 9.97. The Hall–Kier alpha value is -0.570. The van der Waals surface area contributed by atoms with Crippen molar-refractivity contribution in [1.82, 2.24) is 5.32 Å². The molecule has 0 aromatic carbocycles. The summed E-state index contributed by atoms with van der Waals surface area (Å²) in [6.07, 6.45) is 7.05. The van der Waals surface area contributed by atoms with E-state index in [-0.39, 0.29) is 17.9 Å². The number of hydrogen-bond acceptors (Lipinski definition) is 2. The van der Waals surface area contributed by atoms with Crippen LogP contribution in [0.25, 0.3) is 0 Å². The van der Waals surface area contributed by atoms with Gasteiger partial charge >= 0.3 is 0 Å². The zero-order chi connectivity index (χ0) is 9.97.